The predicted molar refractivity (Wildman–Crippen MR) is 236 cm³/mol. The molecule has 0 bridgehead atoms. The Morgan fingerprint density at radius 2 is 0.982 bits per heavy atom. The topological polar surface area (TPSA) is 102 Å². The number of rotatable bonds is 40. The van der Waals surface area contributed by atoms with Crippen molar-refractivity contribution in [1.82, 2.24) is 0 Å². The lowest BCUT2D eigenvalue weighted by atomic mass is 10.0. The fourth-order valence-electron chi connectivity index (χ4n) is 6.39. The summed E-state index contributed by atoms with van der Waals surface area (Å²) in [4.78, 5) is 36.9. The Kier molecular flexibility index (Phi) is 37.8. The first-order valence-electron chi connectivity index (χ1n) is 22.8. The highest BCUT2D eigenvalue weighted by Crippen LogP contribution is 2.14. The zero-order valence-electron chi connectivity index (χ0n) is 37.2. The number of likely N-dealkylation sites (N-methyl/N-ethyl adjacent to an activating group) is 1. The molecule has 0 aromatic carbocycles. The van der Waals surface area contributed by atoms with Gasteiger partial charge < -0.3 is 28.6 Å². The number of carboxylic acids is 1. The summed E-state index contributed by atoms with van der Waals surface area (Å²) in [5, 5.41) is 11.6. The molecule has 2 atom stereocenters. The van der Waals surface area contributed by atoms with E-state index in [4.69, 9.17) is 14.2 Å². The summed E-state index contributed by atoms with van der Waals surface area (Å²) in [5.74, 6) is -1.78. The van der Waals surface area contributed by atoms with Crippen molar-refractivity contribution in [2.75, 3.05) is 41.0 Å². The molecular weight excluding hydrogens is 715 g/mol. The maximum atomic E-state index is 12.7. The van der Waals surface area contributed by atoms with Gasteiger partial charge in [0.1, 0.15) is 12.6 Å². The van der Waals surface area contributed by atoms with Gasteiger partial charge in [0, 0.05) is 19.3 Å². The number of aliphatic carboxylic acids is 1. The molecule has 0 aromatic heterocycles. The fraction of sp³-hybridized carbons (Fsp3) is 0.735. The number of hydrogen-bond acceptors (Lipinski definition) is 7. The number of nitrogens with zero attached hydrogens (tertiary/aromatic N) is 1. The highest BCUT2D eigenvalue weighted by atomic mass is 16.6. The third-order valence-electron chi connectivity index (χ3n) is 9.92. The summed E-state index contributed by atoms with van der Waals surface area (Å²) >= 11 is 0. The van der Waals surface area contributed by atoms with Crippen molar-refractivity contribution < 1.29 is 38.2 Å². The molecule has 0 spiro atoms. The van der Waals surface area contributed by atoms with E-state index in [1.54, 1.807) is 21.1 Å². The minimum absolute atomic E-state index is 0.0266. The Morgan fingerprint density at radius 3 is 1.46 bits per heavy atom. The van der Waals surface area contributed by atoms with E-state index >= 15 is 0 Å². The van der Waals surface area contributed by atoms with Crippen molar-refractivity contribution in [3.05, 3.63) is 60.8 Å². The third-order valence-corrected chi connectivity index (χ3v) is 9.92. The molecule has 0 N–H and O–H groups in total. The van der Waals surface area contributed by atoms with Gasteiger partial charge in [-0.15, -0.1) is 0 Å². The SMILES string of the molecule is CC/C=C\C/C=C\C/C=C\C/C=C\C/C=C\CCCCCC(=O)OC(COCCC(C(=O)[O-])[N+](C)(C)C)COC(=O)CCCCCCCCCCCCCCCC. The lowest BCUT2D eigenvalue weighted by molar-refractivity contribution is -0.889. The number of esters is 2. The minimum Gasteiger partial charge on any atom is -0.544 e. The average Bonchev–Trinajstić information content (AvgIpc) is 3.17. The predicted octanol–water partition coefficient (Wildman–Crippen LogP) is 11.2. The van der Waals surface area contributed by atoms with Gasteiger partial charge in [0.15, 0.2) is 6.10 Å². The Balaban J connectivity index is 4.40. The van der Waals surface area contributed by atoms with Crippen molar-refractivity contribution in [1.29, 1.82) is 0 Å². The number of carbonyl (C=O) groups excluding carboxylic acids is 3. The van der Waals surface area contributed by atoms with Gasteiger partial charge in [-0.2, -0.15) is 0 Å². The van der Waals surface area contributed by atoms with E-state index in [9.17, 15) is 19.5 Å². The molecule has 328 valence electrons. The molecule has 2 unspecified atom stereocenters. The summed E-state index contributed by atoms with van der Waals surface area (Å²) in [6.45, 7) is 4.51. The Labute approximate surface area is 349 Å². The zero-order chi connectivity index (χ0) is 42.1. The molecule has 8 nitrogen and oxygen atoms in total. The van der Waals surface area contributed by atoms with Crippen molar-refractivity contribution in [2.24, 2.45) is 0 Å². The first-order chi connectivity index (χ1) is 27.6. The lowest BCUT2D eigenvalue weighted by Crippen LogP contribution is -2.55. The van der Waals surface area contributed by atoms with Crippen LogP contribution in [-0.2, 0) is 28.6 Å². The molecule has 0 heterocycles. The van der Waals surface area contributed by atoms with Gasteiger partial charge in [-0.05, 0) is 57.8 Å². The second kappa shape index (κ2) is 39.8. The average molecular weight is 800 g/mol. The molecule has 0 aliphatic rings. The molecular formula is C49H85NO7. The first kappa shape index (κ1) is 54.0. The van der Waals surface area contributed by atoms with Crippen LogP contribution in [0, 0.1) is 0 Å². The van der Waals surface area contributed by atoms with E-state index < -0.39 is 18.1 Å². The lowest BCUT2D eigenvalue weighted by Gasteiger charge is -2.34. The van der Waals surface area contributed by atoms with Gasteiger partial charge in [0.25, 0.3) is 0 Å². The second-order valence-electron chi connectivity index (χ2n) is 16.3. The third kappa shape index (κ3) is 38.3. The van der Waals surface area contributed by atoms with Gasteiger partial charge in [0.05, 0.1) is 40.3 Å². The standard InChI is InChI=1S/C49H85NO7/c1-6-8-10-12-14-16-18-20-22-23-24-25-26-28-30-32-34-36-38-40-48(52)57-45(43-55-42-41-46(49(53)54)50(3,4)5)44-56-47(51)39-37-35-33-31-29-27-21-19-17-15-13-11-9-7-2/h8,10,14,16,20,22,24-25,28,30,45-46H,6-7,9,11-13,15,17-19,21,23,26-27,29,31-44H2,1-5H3/b10-8-,16-14-,22-20-,25-24-,30-28-. The van der Waals surface area contributed by atoms with Crippen LogP contribution in [-0.4, -0.2) is 75.5 Å². The highest BCUT2D eigenvalue weighted by Gasteiger charge is 2.25. The number of quaternary nitrogens is 1. The fourth-order valence-corrected chi connectivity index (χ4v) is 6.39. The van der Waals surface area contributed by atoms with E-state index in [1.807, 2.05) is 0 Å². The summed E-state index contributed by atoms with van der Waals surface area (Å²) in [7, 11) is 5.39. The van der Waals surface area contributed by atoms with Crippen LogP contribution in [0.5, 0.6) is 0 Å². The minimum atomic E-state index is -1.13. The van der Waals surface area contributed by atoms with Gasteiger partial charge >= 0.3 is 11.9 Å². The molecule has 0 amide bonds. The molecule has 0 radical (unpaired) electrons. The normalized spacial score (nSPS) is 13.5. The number of carboxylic acid groups (broad SMARTS) is 1. The number of hydrogen-bond donors (Lipinski definition) is 0. The van der Waals surface area contributed by atoms with E-state index in [-0.39, 0.29) is 49.1 Å². The maximum absolute atomic E-state index is 12.7. The van der Waals surface area contributed by atoms with Crippen molar-refractivity contribution in [2.45, 2.75) is 193 Å². The van der Waals surface area contributed by atoms with Gasteiger partial charge in [-0.25, -0.2) is 0 Å². The molecule has 8 heteroatoms. The second-order valence-corrected chi connectivity index (χ2v) is 16.3. The smallest absolute Gasteiger partial charge is 0.306 e. The van der Waals surface area contributed by atoms with Crippen LogP contribution in [0.1, 0.15) is 181 Å². The van der Waals surface area contributed by atoms with Gasteiger partial charge in [-0.3, -0.25) is 9.59 Å². The Hall–Kier alpha value is -2.97. The van der Waals surface area contributed by atoms with Crippen molar-refractivity contribution in [3.8, 4) is 0 Å². The van der Waals surface area contributed by atoms with Gasteiger partial charge in [-0.1, -0.05) is 164 Å². The zero-order valence-corrected chi connectivity index (χ0v) is 37.2. The molecule has 0 aliphatic heterocycles. The van der Waals surface area contributed by atoms with E-state index in [0.29, 0.717) is 12.8 Å². The number of unbranched alkanes of at least 4 members (excludes halogenated alkanes) is 16. The summed E-state index contributed by atoms with van der Waals surface area (Å²) < 4.78 is 17.1. The van der Waals surface area contributed by atoms with Crippen LogP contribution >= 0.6 is 0 Å². The van der Waals surface area contributed by atoms with Crippen LogP contribution in [0.4, 0.5) is 0 Å². The Morgan fingerprint density at radius 1 is 0.544 bits per heavy atom. The van der Waals surface area contributed by atoms with E-state index in [1.165, 1.54) is 70.6 Å². The van der Waals surface area contributed by atoms with E-state index in [2.05, 4.69) is 74.6 Å². The maximum Gasteiger partial charge on any atom is 0.306 e. The molecule has 0 saturated heterocycles. The first-order valence-corrected chi connectivity index (χ1v) is 22.8. The van der Waals surface area contributed by atoms with Crippen molar-refractivity contribution >= 4 is 17.9 Å². The Bertz CT molecular complexity index is 1120. The van der Waals surface area contributed by atoms with Crippen molar-refractivity contribution in [3.63, 3.8) is 0 Å². The van der Waals surface area contributed by atoms with Crippen LogP contribution in [0.2, 0.25) is 0 Å². The van der Waals surface area contributed by atoms with Crippen LogP contribution < -0.4 is 5.11 Å². The largest absolute Gasteiger partial charge is 0.544 e. The molecule has 0 saturated carbocycles. The summed E-state index contributed by atoms with van der Waals surface area (Å²) in [6.07, 6.45) is 48.1. The molecule has 57 heavy (non-hydrogen) atoms. The van der Waals surface area contributed by atoms with Crippen LogP contribution in [0.3, 0.4) is 0 Å². The van der Waals surface area contributed by atoms with Gasteiger partial charge in [0.2, 0.25) is 0 Å². The van der Waals surface area contributed by atoms with Crippen LogP contribution in [0.15, 0.2) is 60.8 Å². The number of allylic oxidation sites excluding steroid dienone is 10. The molecule has 0 rings (SSSR count). The number of carbonyl (C=O) groups is 3. The molecule has 0 aromatic rings. The van der Waals surface area contributed by atoms with Crippen LogP contribution in [0.25, 0.3) is 0 Å². The molecule has 0 aliphatic carbocycles. The number of ether oxygens (including phenoxy) is 3. The summed E-state index contributed by atoms with van der Waals surface area (Å²) in [6, 6.07) is -0.733. The summed E-state index contributed by atoms with van der Waals surface area (Å²) in [5.41, 5.74) is 0. The quantitative estimate of drug-likeness (QED) is 0.0263. The highest BCUT2D eigenvalue weighted by molar-refractivity contribution is 5.70. The molecule has 0 fully saturated rings. The van der Waals surface area contributed by atoms with E-state index in [0.717, 1.165) is 70.6 Å². The monoisotopic (exact) mass is 800 g/mol.